The molecule has 8 heteroatoms. The first-order valence-corrected chi connectivity index (χ1v) is 7.62. The number of rotatable bonds is 6. The van der Waals surface area contributed by atoms with E-state index >= 15 is 0 Å². The van der Waals surface area contributed by atoms with Crippen LogP contribution in [0.3, 0.4) is 0 Å². The lowest BCUT2D eigenvalue weighted by Gasteiger charge is -2.11. The van der Waals surface area contributed by atoms with Gasteiger partial charge in [0.15, 0.2) is 17.5 Å². The lowest BCUT2D eigenvalue weighted by Crippen LogP contribution is -2.80. The highest BCUT2D eigenvalue weighted by Crippen LogP contribution is 2.29. The summed E-state index contributed by atoms with van der Waals surface area (Å²) in [5.74, 6) is -2.17. The van der Waals surface area contributed by atoms with E-state index in [0.29, 0.717) is 5.75 Å². The van der Waals surface area contributed by atoms with Crippen LogP contribution in [-0.4, -0.2) is 36.4 Å². The summed E-state index contributed by atoms with van der Waals surface area (Å²) >= 11 is 0. The van der Waals surface area contributed by atoms with E-state index in [1.807, 2.05) is 30.3 Å². The van der Waals surface area contributed by atoms with Gasteiger partial charge in [-0.25, -0.2) is 4.79 Å². The zero-order valence-corrected chi connectivity index (χ0v) is 14.5. The van der Waals surface area contributed by atoms with Crippen molar-refractivity contribution in [2.24, 2.45) is 0 Å². The summed E-state index contributed by atoms with van der Waals surface area (Å²) in [6.45, 7) is 1.65. The maximum Gasteiger partial charge on any atom is 0.351 e. The van der Waals surface area contributed by atoms with E-state index in [9.17, 15) is 5.11 Å². The Bertz CT molecular complexity index is 717. The number of ether oxygens (including phenoxy) is 2. The minimum Gasteiger partial charge on any atom is -0.539 e. The number of aliphatic carboxylic acids is 2. The molecule has 0 spiro atoms. The van der Waals surface area contributed by atoms with E-state index in [1.54, 1.807) is 26.4 Å². The highest BCUT2D eigenvalue weighted by atomic mass is 16.5. The van der Waals surface area contributed by atoms with E-state index in [2.05, 4.69) is 5.32 Å². The van der Waals surface area contributed by atoms with Crippen LogP contribution in [0.4, 0.5) is 0 Å². The summed E-state index contributed by atoms with van der Waals surface area (Å²) in [5.41, 5.74) is 2.27. The van der Waals surface area contributed by atoms with Crippen LogP contribution < -0.4 is 19.9 Å². The number of phenolic OH excluding ortho intramolecular Hbond substituents is 1. The molecule has 0 saturated heterocycles. The van der Waals surface area contributed by atoms with Crippen LogP contribution in [0.25, 0.3) is 0 Å². The number of carbonyl (C=O) groups is 2. The zero-order chi connectivity index (χ0) is 19.5. The fourth-order valence-corrected chi connectivity index (χ4v) is 2.14. The van der Waals surface area contributed by atoms with Crippen molar-refractivity contribution in [1.29, 1.82) is 0 Å². The number of carboxylic acids is 2. The lowest BCUT2D eigenvalue weighted by atomic mass is 10.1. The van der Waals surface area contributed by atoms with Gasteiger partial charge in [0.05, 0.1) is 19.8 Å². The van der Waals surface area contributed by atoms with Crippen LogP contribution in [-0.2, 0) is 22.7 Å². The number of quaternary nitrogens is 1. The summed E-state index contributed by atoms with van der Waals surface area (Å²) in [7, 11) is 3.29. The van der Waals surface area contributed by atoms with Gasteiger partial charge in [-0.3, -0.25) is 0 Å². The van der Waals surface area contributed by atoms with Gasteiger partial charge in [-0.15, -0.1) is 0 Å². The molecular weight excluding hydrogens is 342 g/mol. The molecule has 0 aromatic heterocycles. The topological polar surface area (TPSA) is 133 Å². The number of aromatic hydroxyl groups is 1. The monoisotopic (exact) mass is 363 g/mol. The predicted octanol–water partition coefficient (Wildman–Crippen LogP) is -0.506. The summed E-state index contributed by atoms with van der Waals surface area (Å²) < 4.78 is 10.7. The molecule has 0 unspecified atom stereocenters. The Morgan fingerprint density at radius 2 is 1.65 bits per heavy atom. The van der Waals surface area contributed by atoms with Crippen molar-refractivity contribution in [3.63, 3.8) is 0 Å². The average molecular weight is 363 g/mol. The van der Waals surface area contributed by atoms with Gasteiger partial charge in [0.25, 0.3) is 0 Å². The Hall–Kier alpha value is -3.26. The van der Waals surface area contributed by atoms with Crippen LogP contribution in [0.15, 0.2) is 42.5 Å². The maximum absolute atomic E-state index is 9.25. The molecule has 0 radical (unpaired) electrons. The van der Waals surface area contributed by atoms with Gasteiger partial charge in [-0.1, -0.05) is 6.07 Å². The van der Waals surface area contributed by atoms with Gasteiger partial charge in [0, 0.05) is 5.56 Å². The number of para-hydroxylation sites is 1. The Morgan fingerprint density at radius 1 is 1.04 bits per heavy atom. The minimum atomic E-state index is -2.07. The molecule has 0 aliphatic rings. The number of carboxylic acid groups (broad SMARTS) is 2. The molecule has 0 atom stereocenters. The molecule has 0 aliphatic carbocycles. The number of carbonyl (C=O) groups excluding carboxylic acids is 1. The molecule has 0 aliphatic heterocycles. The number of methoxy groups -OCH3 is 2. The predicted molar refractivity (Wildman–Crippen MR) is 89.6 cm³/mol. The van der Waals surface area contributed by atoms with Gasteiger partial charge < -0.3 is 34.9 Å². The van der Waals surface area contributed by atoms with Crippen LogP contribution in [0, 0.1) is 0 Å². The second kappa shape index (κ2) is 10.6. The van der Waals surface area contributed by atoms with Gasteiger partial charge in [0.1, 0.15) is 18.8 Å². The van der Waals surface area contributed by atoms with Crippen LogP contribution in [0.5, 0.6) is 17.2 Å². The summed E-state index contributed by atoms with van der Waals surface area (Å²) in [5, 5.41) is 27.7. The molecule has 2 rings (SSSR count). The molecule has 8 nitrogen and oxygen atoms in total. The second-order valence-electron chi connectivity index (χ2n) is 5.11. The van der Waals surface area contributed by atoms with E-state index in [-0.39, 0.29) is 0 Å². The zero-order valence-electron chi connectivity index (χ0n) is 14.5. The van der Waals surface area contributed by atoms with E-state index in [4.69, 9.17) is 29.3 Å². The Balaban J connectivity index is 0.000000487. The fourth-order valence-electron chi connectivity index (χ4n) is 2.14. The van der Waals surface area contributed by atoms with Crippen molar-refractivity contribution in [3.8, 4) is 17.2 Å². The number of hydrogen-bond donors (Lipinski definition) is 3. The molecule has 0 bridgehead atoms. The molecule has 0 fully saturated rings. The molecule has 0 saturated carbocycles. The second-order valence-corrected chi connectivity index (χ2v) is 5.11. The Kier molecular flexibility index (Phi) is 8.45. The van der Waals surface area contributed by atoms with Crippen molar-refractivity contribution in [3.05, 3.63) is 53.6 Å². The largest absolute Gasteiger partial charge is 0.539 e. The maximum atomic E-state index is 9.25. The fraction of sp³-hybridized carbons (Fsp3) is 0.222. The standard InChI is InChI=1S/C16H19NO3.C2H2O4/c1-19-15-5-3-4-13(16(15)20-2)11-17-10-12-6-8-14(18)9-7-12;3-1(4)2(5)6/h3-9,17-18H,10-11H2,1-2H3;(H,3,4)(H,5,6). The third kappa shape index (κ3) is 6.70. The molecule has 140 valence electrons. The Labute approximate surface area is 150 Å². The van der Waals surface area contributed by atoms with Gasteiger partial charge in [0.2, 0.25) is 0 Å². The Morgan fingerprint density at radius 3 is 2.15 bits per heavy atom. The van der Waals surface area contributed by atoms with Crippen LogP contribution in [0.2, 0.25) is 0 Å². The van der Waals surface area contributed by atoms with Crippen molar-refractivity contribution in [1.82, 2.24) is 0 Å². The average Bonchev–Trinajstić information content (AvgIpc) is 2.63. The van der Waals surface area contributed by atoms with Crippen molar-refractivity contribution >= 4 is 11.9 Å². The number of benzene rings is 2. The van der Waals surface area contributed by atoms with E-state index in [0.717, 1.165) is 30.2 Å². The summed E-state index contributed by atoms with van der Waals surface area (Å²) in [6.07, 6.45) is 0. The summed E-state index contributed by atoms with van der Waals surface area (Å²) in [6, 6.07) is 13.1. The number of phenols is 1. The number of hydrogen-bond acceptors (Lipinski definition) is 6. The van der Waals surface area contributed by atoms with Crippen molar-refractivity contribution in [2.45, 2.75) is 13.1 Å². The smallest absolute Gasteiger partial charge is 0.351 e. The lowest BCUT2D eigenvalue weighted by molar-refractivity contribution is -0.686. The highest BCUT2D eigenvalue weighted by molar-refractivity contribution is 6.26. The first-order valence-electron chi connectivity index (χ1n) is 7.62. The summed E-state index contributed by atoms with van der Waals surface area (Å²) in [4.78, 5) is 18.0. The molecule has 4 N–H and O–H groups in total. The van der Waals surface area contributed by atoms with Crippen LogP contribution >= 0.6 is 0 Å². The normalized spacial score (nSPS) is 9.62. The van der Waals surface area contributed by atoms with Crippen molar-refractivity contribution in [2.75, 3.05) is 14.2 Å². The first kappa shape index (κ1) is 20.8. The van der Waals surface area contributed by atoms with E-state index in [1.165, 1.54) is 5.56 Å². The third-order valence-corrected chi connectivity index (χ3v) is 3.34. The highest BCUT2D eigenvalue weighted by Gasteiger charge is 2.10. The molecule has 2 aromatic carbocycles. The molecule has 2 aromatic rings. The quantitative estimate of drug-likeness (QED) is 0.589. The molecule has 26 heavy (non-hydrogen) atoms. The van der Waals surface area contributed by atoms with Crippen molar-refractivity contribution < 1.29 is 39.7 Å². The SMILES string of the molecule is COc1cccc(C[NH2+]Cc2ccc(O)cc2)c1OC.O=C([O-])C(=O)O. The minimum absolute atomic E-state index is 0.295. The van der Waals surface area contributed by atoms with Crippen LogP contribution in [0.1, 0.15) is 11.1 Å². The van der Waals surface area contributed by atoms with E-state index < -0.39 is 11.9 Å². The number of nitrogens with two attached hydrogens (primary N) is 1. The van der Waals surface area contributed by atoms with Gasteiger partial charge >= 0.3 is 5.97 Å². The molecule has 0 amide bonds. The van der Waals surface area contributed by atoms with Gasteiger partial charge in [-0.2, -0.15) is 0 Å². The molecule has 0 heterocycles. The van der Waals surface area contributed by atoms with Gasteiger partial charge in [-0.05, 0) is 36.4 Å². The third-order valence-electron chi connectivity index (χ3n) is 3.34. The first-order chi connectivity index (χ1) is 12.4. The molecular formula is C18H21NO7.